The number of hydrogen-bond acceptors (Lipinski definition) is 4. The van der Waals surface area contributed by atoms with E-state index < -0.39 is 0 Å². The Morgan fingerprint density at radius 1 is 1.08 bits per heavy atom. The van der Waals surface area contributed by atoms with E-state index in [-0.39, 0.29) is 28.3 Å². The molecule has 5 heterocycles. The molecule has 5 nitrogen and oxygen atoms in total. The van der Waals surface area contributed by atoms with Gasteiger partial charge in [0.05, 0.1) is 0 Å². The molecule has 0 aliphatic carbocycles. The lowest BCUT2D eigenvalue weighted by molar-refractivity contribution is 0.0175. The van der Waals surface area contributed by atoms with Gasteiger partial charge >= 0.3 is 0 Å². The Hall–Kier alpha value is -1.82. The molecule has 0 saturated carbocycles. The fourth-order valence-corrected chi connectivity index (χ4v) is 5.36. The number of rotatable bonds is 3. The van der Waals surface area contributed by atoms with Gasteiger partial charge in [-0.3, -0.25) is 4.79 Å². The van der Waals surface area contributed by atoms with Crippen LogP contribution >= 0.6 is 11.6 Å². The van der Waals surface area contributed by atoms with Crippen LogP contribution in [0, 0.1) is 5.92 Å². The lowest BCUT2D eigenvalue weighted by atomic mass is 9.64. The van der Waals surface area contributed by atoms with E-state index in [1.807, 2.05) is 0 Å². The van der Waals surface area contributed by atoms with Crippen LogP contribution in [0.2, 0.25) is 5.22 Å². The molecule has 2 aromatic rings. The molecular formula is C20H22ClN3O2. The van der Waals surface area contributed by atoms with E-state index in [9.17, 15) is 4.79 Å². The highest BCUT2D eigenvalue weighted by Crippen LogP contribution is 2.43. The van der Waals surface area contributed by atoms with E-state index in [2.05, 4.69) is 45.4 Å². The molecule has 0 spiro atoms. The summed E-state index contributed by atoms with van der Waals surface area (Å²) in [6.45, 7) is 6.25. The minimum absolute atomic E-state index is 0.0897. The molecule has 1 amide bonds. The first kappa shape index (κ1) is 16.4. The summed E-state index contributed by atoms with van der Waals surface area (Å²) in [6, 6.07) is 14.0. The van der Waals surface area contributed by atoms with Crippen molar-refractivity contribution in [3.8, 4) is 0 Å². The highest BCUT2D eigenvalue weighted by atomic mass is 35.5. The minimum atomic E-state index is -0.173. The van der Waals surface area contributed by atoms with Crippen LogP contribution < -0.4 is 5.32 Å². The fourth-order valence-electron chi connectivity index (χ4n) is 5.22. The number of benzene rings is 1. The second-order valence-corrected chi connectivity index (χ2v) is 8.18. The Morgan fingerprint density at radius 2 is 1.77 bits per heavy atom. The van der Waals surface area contributed by atoms with Gasteiger partial charge in [0.2, 0.25) is 0 Å². The summed E-state index contributed by atoms with van der Waals surface area (Å²) in [4.78, 5) is 18.0. The van der Waals surface area contributed by atoms with E-state index in [0.29, 0.717) is 5.92 Å². The van der Waals surface area contributed by atoms with Crippen LogP contribution in [-0.4, -0.2) is 61.0 Å². The van der Waals surface area contributed by atoms with Gasteiger partial charge in [-0.2, -0.15) is 0 Å². The standard InChI is InChI=1S/C20H22ClN3O2/c21-17-7-6-16(26-17)19(25)22-18-14-10-23-8-9-24(11-14)13-20(18,12-23)15-4-2-1-3-5-15/h1-7,14,18H,8-13H2,(H,22,25)/t14?,18-,20?/m1/s1. The van der Waals surface area contributed by atoms with Gasteiger partial charge in [0.15, 0.2) is 11.0 Å². The summed E-state index contributed by atoms with van der Waals surface area (Å²) in [6.07, 6.45) is 0. The average Bonchev–Trinajstić information content (AvgIpc) is 2.93. The Morgan fingerprint density at radius 3 is 2.38 bits per heavy atom. The SMILES string of the molecule is O=C(N[C@@H]1C2CN3CCN(C2)CC1(c1ccccc1)C3)c1ccc(Cl)o1. The monoisotopic (exact) mass is 371 g/mol. The van der Waals surface area contributed by atoms with E-state index in [4.69, 9.17) is 16.0 Å². The predicted molar refractivity (Wildman–Crippen MR) is 99.5 cm³/mol. The van der Waals surface area contributed by atoms with Crippen LogP contribution in [0.5, 0.6) is 0 Å². The van der Waals surface area contributed by atoms with E-state index in [1.165, 1.54) is 5.56 Å². The molecule has 4 bridgehead atoms. The molecule has 1 aromatic heterocycles. The maximum absolute atomic E-state index is 12.8. The molecular weight excluding hydrogens is 350 g/mol. The zero-order valence-corrected chi connectivity index (χ0v) is 15.3. The topological polar surface area (TPSA) is 48.7 Å². The van der Waals surface area contributed by atoms with Gasteiger partial charge in [0.1, 0.15) is 0 Å². The zero-order valence-electron chi connectivity index (χ0n) is 14.5. The third kappa shape index (κ3) is 2.57. The largest absolute Gasteiger partial charge is 0.440 e. The van der Waals surface area contributed by atoms with Crippen molar-refractivity contribution in [2.45, 2.75) is 11.5 Å². The molecule has 4 saturated heterocycles. The number of fused-ring (bicyclic) bond motifs is 1. The Balaban J connectivity index is 1.53. The van der Waals surface area contributed by atoms with Crippen molar-refractivity contribution in [3.63, 3.8) is 0 Å². The molecule has 4 aliphatic rings. The molecule has 4 fully saturated rings. The van der Waals surface area contributed by atoms with Crippen molar-refractivity contribution < 1.29 is 9.21 Å². The van der Waals surface area contributed by atoms with Crippen molar-refractivity contribution in [3.05, 3.63) is 59.0 Å². The van der Waals surface area contributed by atoms with Gasteiger partial charge in [-0.25, -0.2) is 0 Å². The Kier molecular flexibility index (Phi) is 3.85. The molecule has 3 atom stereocenters. The van der Waals surface area contributed by atoms with Crippen LogP contribution in [-0.2, 0) is 5.41 Å². The number of nitrogens with one attached hydrogen (secondary N) is 1. The van der Waals surface area contributed by atoms with Gasteiger partial charge < -0.3 is 19.5 Å². The van der Waals surface area contributed by atoms with Gasteiger partial charge in [0, 0.05) is 56.6 Å². The van der Waals surface area contributed by atoms with E-state index >= 15 is 0 Å². The number of halogens is 1. The summed E-state index contributed by atoms with van der Waals surface area (Å²) in [5.41, 5.74) is 1.22. The average molecular weight is 372 g/mol. The van der Waals surface area contributed by atoms with Crippen molar-refractivity contribution in [1.82, 2.24) is 15.1 Å². The highest BCUT2D eigenvalue weighted by Gasteiger charge is 2.55. The second kappa shape index (κ2) is 6.12. The van der Waals surface area contributed by atoms with Crippen molar-refractivity contribution in [2.75, 3.05) is 39.3 Å². The normalized spacial score (nSPS) is 35.3. The first-order valence-corrected chi connectivity index (χ1v) is 9.58. The van der Waals surface area contributed by atoms with E-state index in [1.54, 1.807) is 12.1 Å². The van der Waals surface area contributed by atoms with Crippen molar-refractivity contribution in [1.29, 1.82) is 0 Å². The Labute approximate surface area is 157 Å². The molecule has 0 radical (unpaired) electrons. The quantitative estimate of drug-likeness (QED) is 0.898. The molecule has 136 valence electrons. The molecule has 6 heteroatoms. The molecule has 26 heavy (non-hydrogen) atoms. The first-order chi connectivity index (χ1) is 12.6. The van der Waals surface area contributed by atoms with Crippen LogP contribution in [0.25, 0.3) is 0 Å². The number of carbonyl (C=O) groups excluding carboxylic acids is 1. The van der Waals surface area contributed by atoms with Crippen LogP contribution in [0.3, 0.4) is 0 Å². The summed E-state index contributed by atoms with van der Waals surface area (Å²) >= 11 is 5.85. The van der Waals surface area contributed by atoms with Gasteiger partial charge in [-0.1, -0.05) is 30.3 Å². The Bertz CT molecular complexity index is 805. The summed E-state index contributed by atoms with van der Waals surface area (Å²) in [5, 5.41) is 3.56. The van der Waals surface area contributed by atoms with Gasteiger partial charge in [-0.05, 0) is 29.3 Å². The summed E-state index contributed by atoms with van der Waals surface area (Å²) < 4.78 is 5.33. The number of nitrogens with zero attached hydrogens (tertiary/aromatic N) is 2. The maximum atomic E-state index is 12.8. The van der Waals surface area contributed by atoms with Crippen molar-refractivity contribution >= 4 is 17.5 Å². The minimum Gasteiger partial charge on any atom is -0.440 e. The summed E-state index contributed by atoms with van der Waals surface area (Å²) in [5.74, 6) is 0.522. The third-order valence-corrected chi connectivity index (χ3v) is 6.43. The molecule has 6 rings (SSSR count). The molecule has 4 aliphatic heterocycles. The number of hydrogen-bond donors (Lipinski definition) is 1. The van der Waals surface area contributed by atoms with Crippen LogP contribution in [0.15, 0.2) is 46.9 Å². The molecule has 1 aromatic carbocycles. The number of amides is 1. The number of carbonyl (C=O) groups is 1. The number of furan rings is 1. The smallest absolute Gasteiger partial charge is 0.287 e. The molecule has 1 N–H and O–H groups in total. The summed E-state index contributed by atoms with van der Waals surface area (Å²) in [7, 11) is 0. The molecule has 2 unspecified atom stereocenters. The lowest BCUT2D eigenvalue weighted by Gasteiger charge is -2.55. The maximum Gasteiger partial charge on any atom is 0.287 e. The first-order valence-electron chi connectivity index (χ1n) is 9.20. The predicted octanol–water partition coefficient (Wildman–Crippen LogP) is 2.23. The fraction of sp³-hybridized carbons (Fsp3) is 0.450. The third-order valence-electron chi connectivity index (χ3n) is 6.23. The van der Waals surface area contributed by atoms with Gasteiger partial charge in [-0.15, -0.1) is 0 Å². The zero-order chi connectivity index (χ0) is 17.7. The second-order valence-electron chi connectivity index (χ2n) is 7.81. The van der Waals surface area contributed by atoms with E-state index in [0.717, 1.165) is 39.3 Å². The van der Waals surface area contributed by atoms with Crippen LogP contribution in [0.1, 0.15) is 16.1 Å². The number of piperidine rings is 2. The lowest BCUT2D eigenvalue weighted by Crippen LogP contribution is -2.70. The van der Waals surface area contributed by atoms with Crippen molar-refractivity contribution in [2.24, 2.45) is 5.92 Å². The van der Waals surface area contributed by atoms with Gasteiger partial charge in [0.25, 0.3) is 5.91 Å². The van der Waals surface area contributed by atoms with Crippen LogP contribution in [0.4, 0.5) is 0 Å². The highest BCUT2D eigenvalue weighted by molar-refractivity contribution is 6.29.